The Bertz CT molecular complexity index is 3250. The zero-order valence-corrected chi connectivity index (χ0v) is 42.9. The molecule has 0 radical (unpaired) electrons. The van der Waals surface area contributed by atoms with Gasteiger partial charge >= 0.3 is 0 Å². The van der Waals surface area contributed by atoms with Crippen molar-refractivity contribution < 1.29 is 26.2 Å². The summed E-state index contributed by atoms with van der Waals surface area (Å²) in [6.45, 7) is 24.3. The summed E-state index contributed by atoms with van der Waals surface area (Å²) in [6.07, 6.45) is 1.90. The van der Waals surface area contributed by atoms with Gasteiger partial charge in [0.15, 0.2) is 0 Å². The molecule has 340 valence electrons. The number of benzene rings is 7. The van der Waals surface area contributed by atoms with Crippen LogP contribution in [0.3, 0.4) is 0 Å². The predicted molar refractivity (Wildman–Crippen MR) is 278 cm³/mol. The molecule has 0 aliphatic rings. The van der Waals surface area contributed by atoms with Gasteiger partial charge in [0, 0.05) is 38.5 Å². The number of para-hydroxylation sites is 1. The number of nitrogens with zero attached hydrogens (tertiary/aromatic N) is 3. The zero-order chi connectivity index (χ0) is 46.7. The Balaban J connectivity index is 0.00000608. The van der Waals surface area contributed by atoms with Crippen LogP contribution < -0.4 is 0 Å². The van der Waals surface area contributed by atoms with Crippen LogP contribution in [0.2, 0.25) is 0 Å². The van der Waals surface area contributed by atoms with Gasteiger partial charge in [0.25, 0.3) is 0 Å². The van der Waals surface area contributed by atoms with E-state index in [-0.39, 0.29) is 43.1 Å². The Labute approximate surface area is 412 Å². The number of phenolic OH excluding ortho intramolecular Hbond substituents is 1. The molecule has 0 amide bonds. The number of hydrogen-bond donors (Lipinski definition) is 1. The summed E-state index contributed by atoms with van der Waals surface area (Å²) < 4.78 is 2.28. The van der Waals surface area contributed by atoms with Gasteiger partial charge in [0.1, 0.15) is 11.6 Å². The normalized spacial score (nSPS) is 12.0. The van der Waals surface area contributed by atoms with Crippen molar-refractivity contribution >= 4 is 11.0 Å². The first-order chi connectivity index (χ1) is 31.3. The molecule has 1 N–H and O–H groups in total. The van der Waals surface area contributed by atoms with E-state index in [0.717, 1.165) is 72.5 Å². The maximum Gasteiger partial charge on any atom is 0.148 e. The summed E-state index contributed by atoms with van der Waals surface area (Å²) in [5, 5.41) is 11.9. The maximum atomic E-state index is 11.9. The van der Waals surface area contributed by atoms with Gasteiger partial charge in [-0.15, -0.1) is 29.3 Å². The summed E-state index contributed by atoms with van der Waals surface area (Å²) >= 11 is 0. The van der Waals surface area contributed by atoms with Gasteiger partial charge in [-0.25, -0.2) is 4.98 Å². The molecule has 9 rings (SSSR count). The van der Waals surface area contributed by atoms with E-state index >= 15 is 0 Å². The third-order valence-corrected chi connectivity index (χ3v) is 12.9. The topological polar surface area (TPSA) is 50.9 Å². The standard InChI is InChI=1S/C62H60N3O.Pt/c1-39-32-40(2)58(66)53(33-39)59-64-57-52(18-15-19-55(57)65(59)56-38-49(61(6,7)8)28-29-51(56)44-24-26-48(27-25-44)60(3,4)5)46-34-47(36-50(35-46)62(9,10)11)54-37-45(30-31-63-54)43-22-20-42(21-23-43)41-16-13-12-14-17-41;/h12-33,35-38,66H,1-11H3;/q-1;. The van der Waals surface area contributed by atoms with Crippen LogP contribution in [0.5, 0.6) is 5.75 Å². The molecular weight excluding hydrogens is 998 g/mol. The number of rotatable bonds is 7. The van der Waals surface area contributed by atoms with Crippen molar-refractivity contribution in [2.45, 2.75) is 92.4 Å². The molecule has 0 spiro atoms. The predicted octanol–water partition coefficient (Wildman–Crippen LogP) is 16.4. The minimum absolute atomic E-state index is 0. The van der Waals surface area contributed by atoms with Crippen molar-refractivity contribution in [2.24, 2.45) is 0 Å². The maximum absolute atomic E-state index is 11.9. The number of aryl methyl sites for hydroxylation is 2. The summed E-state index contributed by atoms with van der Waals surface area (Å²) in [6, 6.07) is 58.2. The Hall–Kier alpha value is -6.35. The molecule has 0 aliphatic carbocycles. The van der Waals surface area contributed by atoms with Crippen molar-refractivity contribution in [2.75, 3.05) is 0 Å². The number of aromatic hydroxyl groups is 1. The average Bonchev–Trinajstić information content (AvgIpc) is 3.69. The van der Waals surface area contributed by atoms with Crippen LogP contribution in [0.25, 0.3) is 83.9 Å². The second-order valence-corrected chi connectivity index (χ2v) is 21.1. The molecule has 0 aliphatic heterocycles. The van der Waals surface area contributed by atoms with Gasteiger partial charge in [-0.2, -0.15) is 0 Å². The van der Waals surface area contributed by atoms with Gasteiger partial charge < -0.3 is 5.11 Å². The average molecular weight is 1060 g/mol. The first-order valence-corrected chi connectivity index (χ1v) is 23.1. The van der Waals surface area contributed by atoms with Crippen LogP contribution >= 0.6 is 0 Å². The van der Waals surface area contributed by atoms with Crippen LogP contribution in [0, 0.1) is 19.9 Å². The van der Waals surface area contributed by atoms with E-state index in [1.54, 1.807) is 0 Å². The Morgan fingerprint density at radius 2 is 1.09 bits per heavy atom. The summed E-state index contributed by atoms with van der Waals surface area (Å²) in [5.74, 6) is 0.909. The fourth-order valence-corrected chi connectivity index (χ4v) is 8.98. The van der Waals surface area contributed by atoms with E-state index < -0.39 is 0 Å². The van der Waals surface area contributed by atoms with Crippen LogP contribution in [-0.2, 0) is 37.3 Å². The number of imidazole rings is 1. The Kier molecular flexibility index (Phi) is 12.7. The molecule has 2 aromatic heterocycles. The minimum Gasteiger partial charge on any atom is -0.507 e. The van der Waals surface area contributed by atoms with E-state index in [2.05, 4.69) is 219 Å². The van der Waals surface area contributed by atoms with E-state index in [1.165, 1.54) is 27.8 Å². The molecule has 0 saturated heterocycles. The summed E-state index contributed by atoms with van der Waals surface area (Å²) in [7, 11) is 0. The second-order valence-electron chi connectivity index (χ2n) is 21.1. The molecule has 5 heteroatoms. The molecule has 0 unspecified atom stereocenters. The van der Waals surface area contributed by atoms with Crippen molar-refractivity contribution in [3.63, 3.8) is 0 Å². The van der Waals surface area contributed by atoms with Gasteiger partial charge in [0.05, 0.1) is 22.3 Å². The van der Waals surface area contributed by atoms with E-state index in [1.807, 2.05) is 25.3 Å². The van der Waals surface area contributed by atoms with Crippen molar-refractivity contribution in [1.29, 1.82) is 0 Å². The van der Waals surface area contributed by atoms with Crippen LogP contribution in [-0.4, -0.2) is 19.6 Å². The minimum atomic E-state index is -0.169. The first-order valence-electron chi connectivity index (χ1n) is 23.1. The second kappa shape index (κ2) is 18.0. The molecule has 7 aromatic carbocycles. The third kappa shape index (κ3) is 9.47. The number of phenols is 1. The molecule has 9 aromatic rings. The van der Waals surface area contributed by atoms with Crippen LogP contribution in [0.4, 0.5) is 0 Å². The van der Waals surface area contributed by atoms with E-state index in [0.29, 0.717) is 11.4 Å². The molecule has 67 heavy (non-hydrogen) atoms. The fourth-order valence-electron chi connectivity index (χ4n) is 8.98. The van der Waals surface area contributed by atoms with Crippen molar-refractivity contribution in [3.05, 3.63) is 192 Å². The fraction of sp³-hybridized carbons (Fsp3) is 0.226. The monoisotopic (exact) mass is 1060 g/mol. The molecule has 0 fully saturated rings. The molecular formula is C62H60N3OPt-. The molecule has 0 saturated carbocycles. The third-order valence-electron chi connectivity index (χ3n) is 12.9. The largest absolute Gasteiger partial charge is 0.507 e. The van der Waals surface area contributed by atoms with Crippen LogP contribution in [0.1, 0.15) is 90.1 Å². The zero-order valence-electron chi connectivity index (χ0n) is 40.6. The number of hydrogen-bond acceptors (Lipinski definition) is 3. The van der Waals surface area contributed by atoms with E-state index in [4.69, 9.17) is 9.97 Å². The number of aromatic nitrogens is 3. The van der Waals surface area contributed by atoms with Crippen LogP contribution in [0.15, 0.2) is 158 Å². The SMILES string of the molecule is Cc1cc(C)c(O)c(-c2nc3c(-c4[c-]c(-c5cc(-c6ccc(-c7ccccc7)cc6)ccn5)cc(C(C)(C)C)c4)cccc3n2-c2cc(C(C)(C)C)ccc2-c2ccc(C(C)(C)C)cc2)c1.[Pt]. The smallest absolute Gasteiger partial charge is 0.148 e. The van der Waals surface area contributed by atoms with Crippen molar-refractivity contribution in [1.82, 2.24) is 14.5 Å². The van der Waals surface area contributed by atoms with Gasteiger partial charge in [-0.3, -0.25) is 9.55 Å². The quantitative estimate of drug-likeness (QED) is 0.162. The summed E-state index contributed by atoms with van der Waals surface area (Å²) in [4.78, 5) is 10.5. The van der Waals surface area contributed by atoms with Gasteiger partial charge in [0.2, 0.25) is 0 Å². The molecule has 4 nitrogen and oxygen atoms in total. The molecule has 0 atom stereocenters. The van der Waals surface area contributed by atoms with Gasteiger partial charge in [-0.1, -0.05) is 189 Å². The Morgan fingerprint density at radius 1 is 0.493 bits per heavy atom. The molecule has 2 heterocycles. The number of fused-ring (bicyclic) bond motifs is 1. The first kappa shape index (κ1) is 47.2. The summed E-state index contributed by atoms with van der Waals surface area (Å²) in [5.41, 5.74) is 19.2. The van der Waals surface area contributed by atoms with Crippen molar-refractivity contribution in [3.8, 4) is 78.6 Å². The van der Waals surface area contributed by atoms with E-state index in [9.17, 15) is 5.11 Å². The molecule has 0 bridgehead atoms. The number of pyridine rings is 1. The van der Waals surface area contributed by atoms with Gasteiger partial charge in [-0.05, 0) is 104 Å². The Morgan fingerprint density at radius 3 is 1.75 bits per heavy atom.